The summed E-state index contributed by atoms with van der Waals surface area (Å²) in [6.45, 7) is 3.06. The van der Waals surface area contributed by atoms with Crippen molar-refractivity contribution < 1.29 is 37.4 Å². The van der Waals surface area contributed by atoms with Crippen molar-refractivity contribution in [3.8, 4) is 0 Å². The van der Waals surface area contributed by atoms with E-state index in [1.54, 1.807) is 36.5 Å². The molecule has 37 heavy (non-hydrogen) atoms. The summed E-state index contributed by atoms with van der Waals surface area (Å²) in [6, 6.07) is 9.75. The van der Waals surface area contributed by atoms with Crippen LogP contribution in [0.2, 0.25) is 5.02 Å². The van der Waals surface area contributed by atoms with Gasteiger partial charge in [0.15, 0.2) is 0 Å². The molecule has 12 heteroatoms. The number of carbonyl (C=O) groups excluding carboxylic acids is 2. The normalized spacial score (nSPS) is 14.1. The summed E-state index contributed by atoms with van der Waals surface area (Å²) in [5.74, 6) is -4.01. The van der Waals surface area contributed by atoms with Crippen molar-refractivity contribution >= 4 is 40.3 Å². The van der Waals surface area contributed by atoms with Crippen LogP contribution >= 0.6 is 11.6 Å². The van der Waals surface area contributed by atoms with Crippen LogP contribution in [0.1, 0.15) is 41.4 Å². The zero-order valence-corrected chi connectivity index (χ0v) is 20.6. The number of nitrogens with one attached hydrogen (secondary N) is 3. The Hall–Kier alpha value is -3.57. The first kappa shape index (κ1) is 28.0. The van der Waals surface area contributed by atoms with Gasteiger partial charge in [0.25, 0.3) is 5.91 Å². The van der Waals surface area contributed by atoms with Gasteiger partial charge in [0.05, 0.1) is 11.1 Å². The van der Waals surface area contributed by atoms with Crippen LogP contribution in [-0.4, -0.2) is 52.7 Å². The van der Waals surface area contributed by atoms with Gasteiger partial charge in [0.1, 0.15) is 12.1 Å². The summed E-state index contributed by atoms with van der Waals surface area (Å²) in [5, 5.41) is 15.6. The van der Waals surface area contributed by atoms with Gasteiger partial charge in [-0.25, -0.2) is 4.79 Å². The van der Waals surface area contributed by atoms with Crippen LogP contribution in [0.4, 0.5) is 13.2 Å². The van der Waals surface area contributed by atoms with Crippen LogP contribution in [0, 0.1) is 0 Å². The van der Waals surface area contributed by atoms with Crippen LogP contribution in [0.5, 0.6) is 0 Å². The molecule has 1 heterocycles. The average Bonchev–Trinajstić information content (AvgIpc) is 3.23. The number of hydrogen-bond donors (Lipinski definition) is 4. The maximum absolute atomic E-state index is 12.8. The van der Waals surface area contributed by atoms with E-state index in [1.807, 2.05) is 6.92 Å². The second-order valence-electron chi connectivity index (χ2n) is 8.54. The molecule has 0 fully saturated rings. The van der Waals surface area contributed by atoms with Gasteiger partial charge >= 0.3 is 18.1 Å². The number of aliphatic carboxylic acids is 1. The third kappa shape index (κ3) is 7.23. The lowest BCUT2D eigenvalue weighted by atomic mass is 10.0. The van der Waals surface area contributed by atoms with E-state index >= 15 is 0 Å². The molecule has 0 aliphatic carbocycles. The first-order valence-corrected chi connectivity index (χ1v) is 11.6. The fraction of sp³-hybridized carbons (Fsp3) is 0.320. The van der Waals surface area contributed by atoms with E-state index < -0.39 is 36.2 Å². The smallest absolute Gasteiger partial charge is 0.480 e. The quantitative estimate of drug-likeness (QED) is 0.284. The second kappa shape index (κ2) is 11.7. The number of carboxylic acids is 1. The summed E-state index contributed by atoms with van der Waals surface area (Å²) in [4.78, 5) is 38.2. The molecule has 0 saturated heterocycles. The fourth-order valence-electron chi connectivity index (χ4n) is 3.75. The van der Waals surface area contributed by atoms with Gasteiger partial charge in [-0.05, 0) is 49.6 Å². The molecule has 1 amide bonds. The number of rotatable bonds is 10. The highest BCUT2D eigenvalue weighted by atomic mass is 35.5. The number of carboxylic acid groups (broad SMARTS) is 1. The van der Waals surface area contributed by atoms with Crippen molar-refractivity contribution in [1.82, 2.24) is 15.6 Å². The Morgan fingerprint density at radius 3 is 2.49 bits per heavy atom. The van der Waals surface area contributed by atoms with E-state index in [2.05, 4.69) is 15.6 Å². The van der Waals surface area contributed by atoms with Crippen LogP contribution in [0.15, 0.2) is 48.7 Å². The Labute approximate surface area is 215 Å². The Kier molecular flexibility index (Phi) is 8.82. The second-order valence-corrected chi connectivity index (χ2v) is 8.97. The minimum atomic E-state index is -5.14. The van der Waals surface area contributed by atoms with E-state index in [-0.39, 0.29) is 23.2 Å². The molecule has 0 saturated carbocycles. The lowest BCUT2D eigenvalue weighted by Gasteiger charge is -2.22. The van der Waals surface area contributed by atoms with Crippen molar-refractivity contribution in [3.63, 3.8) is 0 Å². The first-order chi connectivity index (χ1) is 17.4. The zero-order chi connectivity index (χ0) is 27.3. The number of H-pyrrole nitrogens is 1. The highest BCUT2D eigenvalue weighted by molar-refractivity contribution is 6.30. The average molecular weight is 540 g/mol. The molecule has 198 valence electrons. The zero-order valence-electron chi connectivity index (χ0n) is 19.9. The Morgan fingerprint density at radius 1 is 1.14 bits per heavy atom. The molecule has 0 aliphatic heterocycles. The number of aromatic amines is 1. The number of amides is 1. The van der Waals surface area contributed by atoms with Crippen LogP contribution < -0.4 is 10.6 Å². The number of fused-ring (bicyclic) bond motifs is 1. The number of aromatic nitrogens is 1. The molecule has 3 rings (SSSR count). The molecule has 0 bridgehead atoms. The fourth-order valence-corrected chi connectivity index (χ4v) is 3.95. The van der Waals surface area contributed by atoms with Gasteiger partial charge < -0.3 is 25.5 Å². The summed E-state index contributed by atoms with van der Waals surface area (Å²) in [6.07, 6.45) is -4.24. The van der Waals surface area contributed by atoms with Crippen molar-refractivity contribution in [3.05, 3.63) is 70.4 Å². The molecule has 8 nitrogen and oxygen atoms in total. The van der Waals surface area contributed by atoms with Gasteiger partial charge in [0.2, 0.25) is 0 Å². The van der Waals surface area contributed by atoms with Gasteiger partial charge in [0, 0.05) is 29.2 Å². The van der Waals surface area contributed by atoms with Gasteiger partial charge in [-0.15, -0.1) is 0 Å². The van der Waals surface area contributed by atoms with Crippen molar-refractivity contribution in [2.24, 2.45) is 0 Å². The third-order valence-electron chi connectivity index (χ3n) is 5.64. The molecule has 0 unspecified atom stereocenters. The molecule has 3 atom stereocenters. The van der Waals surface area contributed by atoms with E-state index in [9.17, 15) is 27.6 Å². The molecule has 0 aliphatic rings. The number of ether oxygens (including phenoxy) is 1. The molecule has 2 aromatic carbocycles. The lowest BCUT2D eigenvalue weighted by Crippen LogP contribution is -2.38. The molecule has 0 spiro atoms. The highest BCUT2D eigenvalue weighted by Gasteiger charge is 2.42. The maximum atomic E-state index is 12.8. The standard InChI is InChI=1S/C25H25ClF3N3O5/c1-13(30-12-20(37-24(36)25(27,28)29)15-5-3-6-17(26)10-15)9-16-11-31-21-18(16)7-4-8-19(21)22(33)32-14(2)23(34)35/h3-8,10-11,13-14,20,30-31H,9,12H2,1-2H3,(H,32,33)(H,34,35)/t13-,14+,20+/m1/s1. The third-order valence-corrected chi connectivity index (χ3v) is 5.88. The number of hydrogen-bond acceptors (Lipinski definition) is 5. The van der Waals surface area contributed by atoms with Crippen LogP contribution in [-0.2, 0) is 20.7 Å². The van der Waals surface area contributed by atoms with E-state index in [1.165, 1.54) is 19.1 Å². The summed E-state index contributed by atoms with van der Waals surface area (Å²) in [7, 11) is 0. The van der Waals surface area contributed by atoms with Gasteiger partial charge in [-0.3, -0.25) is 9.59 Å². The monoisotopic (exact) mass is 539 g/mol. The largest absolute Gasteiger partial charge is 0.490 e. The number of halogens is 4. The van der Waals surface area contributed by atoms with Crippen molar-refractivity contribution in [2.45, 2.75) is 44.6 Å². The number of benzene rings is 2. The predicted octanol–water partition coefficient (Wildman–Crippen LogP) is 4.39. The van der Waals surface area contributed by atoms with Gasteiger partial charge in [-0.1, -0.05) is 35.9 Å². The Morgan fingerprint density at radius 2 is 1.84 bits per heavy atom. The van der Waals surface area contributed by atoms with Gasteiger partial charge in [-0.2, -0.15) is 13.2 Å². The van der Waals surface area contributed by atoms with Crippen LogP contribution in [0.25, 0.3) is 10.9 Å². The minimum Gasteiger partial charge on any atom is -0.480 e. The summed E-state index contributed by atoms with van der Waals surface area (Å²) >= 11 is 5.96. The molecule has 4 N–H and O–H groups in total. The lowest BCUT2D eigenvalue weighted by molar-refractivity contribution is -0.205. The topological polar surface area (TPSA) is 121 Å². The Balaban J connectivity index is 1.73. The molecule has 3 aromatic rings. The Bertz CT molecular complexity index is 1290. The van der Waals surface area contributed by atoms with E-state index in [4.69, 9.17) is 21.4 Å². The molecular weight excluding hydrogens is 515 g/mol. The molecule has 0 radical (unpaired) electrons. The highest BCUT2D eigenvalue weighted by Crippen LogP contribution is 2.26. The molecule has 1 aromatic heterocycles. The number of para-hydroxylation sites is 1. The predicted molar refractivity (Wildman–Crippen MR) is 130 cm³/mol. The first-order valence-electron chi connectivity index (χ1n) is 11.3. The summed E-state index contributed by atoms with van der Waals surface area (Å²) < 4.78 is 43.2. The van der Waals surface area contributed by atoms with E-state index in [0.29, 0.717) is 17.5 Å². The maximum Gasteiger partial charge on any atom is 0.490 e. The minimum absolute atomic E-state index is 0.105. The van der Waals surface area contributed by atoms with E-state index in [0.717, 1.165) is 10.9 Å². The SMILES string of the molecule is C[C@H](Cc1c[nH]c2c(C(=O)N[C@@H](C)C(=O)O)cccc12)NC[C@H](OC(=O)C(F)(F)F)c1cccc(Cl)c1. The summed E-state index contributed by atoms with van der Waals surface area (Å²) in [5.41, 5.74) is 1.93. The van der Waals surface area contributed by atoms with Crippen molar-refractivity contribution in [1.29, 1.82) is 0 Å². The van der Waals surface area contributed by atoms with Crippen LogP contribution in [0.3, 0.4) is 0 Å². The number of alkyl halides is 3. The molecular formula is C25H25ClF3N3O5. The number of esters is 1. The number of carbonyl (C=O) groups is 3. The van der Waals surface area contributed by atoms with Crippen molar-refractivity contribution in [2.75, 3.05) is 6.54 Å².